The number of carbonyl (C=O) groups is 2. The Hall–Kier alpha value is -2.12. The number of cyclic esters (lactones) is 1. The largest absolute Gasteiger partial charge is 0.447 e. The van der Waals surface area contributed by atoms with Crippen molar-refractivity contribution in [2.24, 2.45) is 0 Å². The van der Waals surface area contributed by atoms with Crippen LogP contribution in [0.25, 0.3) is 0 Å². The third-order valence-electron chi connectivity index (χ3n) is 4.93. The van der Waals surface area contributed by atoms with Gasteiger partial charge < -0.3 is 20.1 Å². The number of nitrogens with one attached hydrogen (secondary N) is 2. The number of alkyl carbamates (subject to hydrolysis) is 1. The molecule has 0 unspecified atom stereocenters. The van der Waals surface area contributed by atoms with Gasteiger partial charge in [-0.2, -0.15) is 0 Å². The fraction of sp³-hybridized carbons (Fsp3) is 0.529. The first-order valence-corrected chi connectivity index (χ1v) is 8.33. The summed E-state index contributed by atoms with van der Waals surface area (Å²) < 4.78 is 10.8. The third-order valence-corrected chi connectivity index (χ3v) is 4.93. The van der Waals surface area contributed by atoms with Crippen molar-refractivity contribution < 1.29 is 19.1 Å². The van der Waals surface area contributed by atoms with E-state index in [9.17, 15) is 9.59 Å². The van der Waals surface area contributed by atoms with Crippen LogP contribution in [0.2, 0.25) is 0 Å². The Balaban J connectivity index is 1.33. The van der Waals surface area contributed by atoms with Crippen molar-refractivity contribution in [3.63, 3.8) is 0 Å². The number of hydrogen-bond acceptors (Lipinski definition) is 5. The number of ether oxygens (including phenoxy) is 2. The average molecular weight is 331 g/mol. The van der Waals surface area contributed by atoms with Gasteiger partial charge in [-0.15, -0.1) is 0 Å². The maximum Gasteiger partial charge on any atom is 0.407 e. The van der Waals surface area contributed by atoms with Crippen LogP contribution in [0, 0.1) is 0 Å². The normalized spacial score (nSPS) is 32.8. The zero-order chi connectivity index (χ0) is 16.5. The number of morpholine rings is 1. The number of hydrogen-bond donors (Lipinski definition) is 2. The van der Waals surface area contributed by atoms with Gasteiger partial charge in [-0.3, -0.25) is 9.69 Å². The van der Waals surface area contributed by atoms with Crippen molar-refractivity contribution in [1.29, 1.82) is 0 Å². The van der Waals surface area contributed by atoms with Gasteiger partial charge >= 0.3 is 6.09 Å². The lowest BCUT2D eigenvalue weighted by Gasteiger charge is -2.35. The third kappa shape index (κ3) is 3.09. The molecule has 0 bridgehead atoms. The lowest BCUT2D eigenvalue weighted by Crippen LogP contribution is -2.47. The second-order valence-corrected chi connectivity index (χ2v) is 6.58. The number of amides is 2. The highest BCUT2D eigenvalue weighted by Crippen LogP contribution is 2.30. The van der Waals surface area contributed by atoms with Crippen LogP contribution in [0.3, 0.4) is 0 Å². The molecule has 0 saturated carbocycles. The summed E-state index contributed by atoms with van der Waals surface area (Å²) in [6, 6.07) is 10.1. The van der Waals surface area contributed by atoms with Gasteiger partial charge in [-0.05, 0) is 12.0 Å². The minimum absolute atomic E-state index is 0.0816. The molecule has 128 valence electrons. The molecule has 3 aliphatic rings. The first-order chi connectivity index (χ1) is 11.7. The Morgan fingerprint density at radius 1 is 1.21 bits per heavy atom. The molecule has 0 aliphatic carbocycles. The SMILES string of the molecule is O=C1N[C@H](C(=O)N[C@H]2C[C@H]3CO[C@@H](c4ccccc4)CN3C2)CO1. The Bertz CT molecular complexity index is 624. The van der Waals surface area contributed by atoms with E-state index in [0.29, 0.717) is 12.6 Å². The Morgan fingerprint density at radius 3 is 2.79 bits per heavy atom. The van der Waals surface area contributed by atoms with Gasteiger partial charge in [0.25, 0.3) is 0 Å². The Kier molecular flexibility index (Phi) is 4.12. The molecule has 4 rings (SSSR count). The lowest BCUT2D eigenvalue weighted by molar-refractivity contribution is -0.123. The molecule has 7 nitrogen and oxygen atoms in total. The van der Waals surface area contributed by atoms with Crippen LogP contribution >= 0.6 is 0 Å². The van der Waals surface area contributed by atoms with E-state index in [-0.39, 0.29) is 24.7 Å². The Labute approximate surface area is 140 Å². The van der Waals surface area contributed by atoms with Crippen LogP contribution in [0.5, 0.6) is 0 Å². The summed E-state index contributed by atoms with van der Waals surface area (Å²) in [5, 5.41) is 5.53. The summed E-state index contributed by atoms with van der Waals surface area (Å²) in [7, 11) is 0. The van der Waals surface area contributed by atoms with E-state index in [2.05, 4.69) is 27.7 Å². The van der Waals surface area contributed by atoms with E-state index in [1.54, 1.807) is 0 Å². The quantitative estimate of drug-likeness (QED) is 0.839. The average Bonchev–Trinajstić information content (AvgIpc) is 3.20. The van der Waals surface area contributed by atoms with Crippen LogP contribution in [-0.2, 0) is 14.3 Å². The van der Waals surface area contributed by atoms with Gasteiger partial charge in [0.1, 0.15) is 12.6 Å². The van der Waals surface area contributed by atoms with Gasteiger partial charge in [0, 0.05) is 25.2 Å². The summed E-state index contributed by atoms with van der Waals surface area (Å²) in [6.07, 6.45) is 0.423. The molecule has 7 heteroatoms. The van der Waals surface area contributed by atoms with Gasteiger partial charge in [0.05, 0.1) is 12.7 Å². The van der Waals surface area contributed by atoms with E-state index >= 15 is 0 Å². The van der Waals surface area contributed by atoms with Crippen LogP contribution in [0.15, 0.2) is 30.3 Å². The smallest absolute Gasteiger partial charge is 0.407 e. The van der Waals surface area contributed by atoms with Crippen LogP contribution < -0.4 is 10.6 Å². The van der Waals surface area contributed by atoms with E-state index in [1.807, 2.05) is 18.2 Å². The maximum absolute atomic E-state index is 12.2. The second-order valence-electron chi connectivity index (χ2n) is 6.58. The number of benzene rings is 1. The zero-order valence-electron chi connectivity index (χ0n) is 13.3. The number of nitrogens with zero attached hydrogens (tertiary/aromatic N) is 1. The molecule has 2 amide bonds. The van der Waals surface area contributed by atoms with Gasteiger partial charge in [-0.25, -0.2) is 4.79 Å². The molecule has 3 saturated heterocycles. The standard InChI is InChI=1S/C17H21N3O4/c21-16(14-10-24-17(22)19-14)18-12-6-13-9-23-15(8-20(13)7-12)11-4-2-1-3-5-11/h1-5,12-15H,6-10H2,(H,18,21)(H,19,22)/t12-,13-,14-,15+/m0/s1. The van der Waals surface area contributed by atoms with Crippen molar-refractivity contribution in [3.05, 3.63) is 35.9 Å². The highest BCUT2D eigenvalue weighted by molar-refractivity contribution is 5.88. The summed E-state index contributed by atoms with van der Waals surface area (Å²) in [5.74, 6) is -0.175. The topological polar surface area (TPSA) is 79.9 Å². The molecular weight excluding hydrogens is 310 g/mol. The van der Waals surface area contributed by atoms with Crippen molar-refractivity contribution in [1.82, 2.24) is 15.5 Å². The summed E-state index contributed by atoms with van der Waals surface area (Å²) >= 11 is 0. The van der Waals surface area contributed by atoms with Crippen molar-refractivity contribution in [2.75, 3.05) is 26.3 Å². The number of rotatable bonds is 3. The highest BCUT2D eigenvalue weighted by atomic mass is 16.6. The molecule has 1 aromatic rings. The van der Waals surface area contributed by atoms with Crippen molar-refractivity contribution in [2.45, 2.75) is 30.7 Å². The molecule has 2 N–H and O–H groups in total. The molecule has 1 aromatic carbocycles. The first kappa shape index (κ1) is 15.4. The Morgan fingerprint density at radius 2 is 2.04 bits per heavy atom. The fourth-order valence-corrected chi connectivity index (χ4v) is 3.68. The van der Waals surface area contributed by atoms with E-state index in [1.165, 1.54) is 5.56 Å². The molecular formula is C17H21N3O4. The van der Waals surface area contributed by atoms with Crippen molar-refractivity contribution >= 4 is 12.0 Å². The lowest BCUT2D eigenvalue weighted by atomic mass is 10.1. The maximum atomic E-state index is 12.2. The van der Waals surface area contributed by atoms with Gasteiger partial charge in [0.2, 0.25) is 5.91 Å². The van der Waals surface area contributed by atoms with E-state index in [4.69, 9.17) is 9.47 Å². The molecule has 24 heavy (non-hydrogen) atoms. The number of fused-ring (bicyclic) bond motifs is 1. The molecule has 3 heterocycles. The zero-order valence-corrected chi connectivity index (χ0v) is 13.3. The number of carbonyl (C=O) groups excluding carboxylic acids is 2. The molecule has 0 spiro atoms. The molecule has 0 radical (unpaired) electrons. The monoisotopic (exact) mass is 331 g/mol. The summed E-state index contributed by atoms with van der Waals surface area (Å²) in [4.78, 5) is 25.6. The predicted octanol–water partition coefficient (Wildman–Crippen LogP) is 0.425. The van der Waals surface area contributed by atoms with Gasteiger partial charge in [0.15, 0.2) is 0 Å². The fourth-order valence-electron chi connectivity index (χ4n) is 3.68. The van der Waals surface area contributed by atoms with Crippen LogP contribution in [-0.4, -0.2) is 61.3 Å². The van der Waals surface area contributed by atoms with Crippen molar-refractivity contribution in [3.8, 4) is 0 Å². The second kappa shape index (κ2) is 6.41. The minimum atomic E-state index is -0.580. The summed E-state index contributed by atoms with van der Waals surface area (Å²) in [5.41, 5.74) is 1.19. The molecule has 0 aromatic heterocycles. The first-order valence-electron chi connectivity index (χ1n) is 8.33. The molecule has 4 atom stereocenters. The van der Waals surface area contributed by atoms with E-state index in [0.717, 1.165) is 19.5 Å². The highest BCUT2D eigenvalue weighted by Gasteiger charge is 2.39. The van der Waals surface area contributed by atoms with Crippen LogP contribution in [0.1, 0.15) is 18.1 Å². The minimum Gasteiger partial charge on any atom is -0.447 e. The predicted molar refractivity (Wildman–Crippen MR) is 85.3 cm³/mol. The summed E-state index contributed by atoms with van der Waals surface area (Å²) in [6.45, 7) is 2.42. The van der Waals surface area contributed by atoms with Gasteiger partial charge in [-0.1, -0.05) is 30.3 Å². The van der Waals surface area contributed by atoms with E-state index < -0.39 is 12.1 Å². The molecule has 3 aliphatic heterocycles. The molecule has 3 fully saturated rings. The van der Waals surface area contributed by atoms with Crippen LogP contribution in [0.4, 0.5) is 4.79 Å².